The molecule has 1 fully saturated rings. The van der Waals surface area contributed by atoms with E-state index in [1.165, 1.54) is 5.69 Å². The van der Waals surface area contributed by atoms with Gasteiger partial charge in [-0.1, -0.05) is 6.92 Å². The van der Waals surface area contributed by atoms with Crippen LogP contribution in [0.3, 0.4) is 0 Å². The van der Waals surface area contributed by atoms with E-state index in [0.29, 0.717) is 6.04 Å². The fraction of sp³-hybridized carbons (Fsp3) is 0.786. The molecule has 1 aromatic rings. The van der Waals surface area contributed by atoms with Crippen LogP contribution in [0.25, 0.3) is 0 Å². The topological polar surface area (TPSA) is 42.3 Å². The van der Waals surface area contributed by atoms with Crippen molar-refractivity contribution in [2.75, 3.05) is 39.4 Å². The largest absolute Gasteiger partial charge is 0.379 e. The Morgan fingerprint density at radius 3 is 2.95 bits per heavy atom. The quantitative estimate of drug-likeness (QED) is 0.755. The molecule has 0 radical (unpaired) electrons. The summed E-state index contributed by atoms with van der Waals surface area (Å²) in [6.45, 7) is 11.3. The molecule has 1 aliphatic rings. The van der Waals surface area contributed by atoms with Crippen LogP contribution in [0.4, 0.5) is 0 Å². The Kier molecular flexibility index (Phi) is 5.82. The zero-order valence-electron chi connectivity index (χ0n) is 12.1. The van der Waals surface area contributed by atoms with Crippen molar-refractivity contribution < 1.29 is 4.74 Å². The van der Waals surface area contributed by atoms with E-state index in [-0.39, 0.29) is 0 Å². The lowest BCUT2D eigenvalue weighted by Crippen LogP contribution is -2.39. The minimum Gasteiger partial charge on any atom is -0.379 e. The molecule has 0 amide bonds. The molecule has 108 valence electrons. The van der Waals surface area contributed by atoms with E-state index in [1.807, 2.05) is 12.5 Å². The number of aromatic nitrogens is 2. The summed E-state index contributed by atoms with van der Waals surface area (Å²) in [6.07, 6.45) is 5.09. The molecule has 0 spiro atoms. The lowest BCUT2D eigenvalue weighted by Gasteiger charge is -2.30. The summed E-state index contributed by atoms with van der Waals surface area (Å²) in [4.78, 5) is 6.76. The third-order valence-corrected chi connectivity index (χ3v) is 3.58. The van der Waals surface area contributed by atoms with Crippen molar-refractivity contribution in [3.05, 3.63) is 18.2 Å². The van der Waals surface area contributed by atoms with Crippen molar-refractivity contribution >= 4 is 0 Å². The van der Waals surface area contributed by atoms with Gasteiger partial charge in [-0.15, -0.1) is 0 Å². The number of hydrogen-bond donors (Lipinski definition) is 1. The van der Waals surface area contributed by atoms with Crippen LogP contribution in [-0.4, -0.2) is 53.8 Å². The van der Waals surface area contributed by atoms with Crippen molar-refractivity contribution in [1.29, 1.82) is 0 Å². The highest BCUT2D eigenvalue weighted by Crippen LogP contribution is 2.12. The molecule has 1 N–H and O–H groups in total. The first kappa shape index (κ1) is 14.5. The zero-order chi connectivity index (χ0) is 13.5. The Morgan fingerprint density at radius 2 is 2.21 bits per heavy atom. The monoisotopic (exact) mass is 266 g/mol. The summed E-state index contributed by atoms with van der Waals surface area (Å²) < 4.78 is 7.68. The Labute approximate surface area is 116 Å². The predicted molar refractivity (Wildman–Crippen MR) is 76.2 cm³/mol. The van der Waals surface area contributed by atoms with Gasteiger partial charge in [-0.2, -0.15) is 0 Å². The highest BCUT2D eigenvalue weighted by atomic mass is 16.5. The van der Waals surface area contributed by atoms with Gasteiger partial charge in [0.2, 0.25) is 0 Å². The third-order valence-electron chi connectivity index (χ3n) is 3.58. The molecule has 19 heavy (non-hydrogen) atoms. The highest BCUT2D eigenvalue weighted by molar-refractivity contribution is 5.00. The average molecular weight is 266 g/mol. The molecular weight excluding hydrogens is 240 g/mol. The van der Waals surface area contributed by atoms with Gasteiger partial charge in [0.25, 0.3) is 0 Å². The van der Waals surface area contributed by atoms with Gasteiger partial charge < -0.3 is 14.6 Å². The van der Waals surface area contributed by atoms with Crippen molar-refractivity contribution in [2.45, 2.75) is 32.9 Å². The lowest BCUT2D eigenvalue weighted by molar-refractivity contribution is 0.0324. The smallest absolute Gasteiger partial charge is 0.0951 e. The summed E-state index contributed by atoms with van der Waals surface area (Å²) in [5.41, 5.74) is 1.27. The maximum atomic E-state index is 5.39. The second kappa shape index (κ2) is 7.62. The molecule has 2 heterocycles. The van der Waals surface area contributed by atoms with Gasteiger partial charge in [0.05, 0.1) is 25.2 Å². The van der Waals surface area contributed by atoms with Gasteiger partial charge in [-0.05, 0) is 19.9 Å². The van der Waals surface area contributed by atoms with Crippen LogP contribution in [-0.2, 0) is 11.3 Å². The molecule has 1 aromatic heterocycles. The van der Waals surface area contributed by atoms with Crippen LogP contribution in [0.15, 0.2) is 12.5 Å². The van der Waals surface area contributed by atoms with Crippen molar-refractivity contribution in [2.24, 2.45) is 0 Å². The fourth-order valence-corrected chi connectivity index (χ4v) is 2.50. The number of nitrogens with one attached hydrogen (secondary N) is 1. The predicted octanol–water partition coefficient (Wildman–Crippen LogP) is 1.28. The standard InChI is InChI=1S/C14H26N4O/c1-3-4-15-9-14-10-16-12-18(14)13(2)11-17-5-7-19-8-6-17/h10,12-13,15H,3-9,11H2,1-2H3. The summed E-state index contributed by atoms with van der Waals surface area (Å²) in [5, 5.41) is 3.44. The minimum absolute atomic E-state index is 0.457. The van der Waals surface area contributed by atoms with Crippen LogP contribution < -0.4 is 5.32 Å². The average Bonchev–Trinajstić information content (AvgIpc) is 2.89. The molecule has 5 heteroatoms. The van der Waals surface area contributed by atoms with E-state index in [9.17, 15) is 0 Å². The first-order chi connectivity index (χ1) is 9.31. The number of nitrogens with zero attached hydrogens (tertiary/aromatic N) is 3. The Balaban J connectivity index is 1.87. The van der Waals surface area contributed by atoms with Crippen LogP contribution in [0.2, 0.25) is 0 Å². The number of hydrogen-bond acceptors (Lipinski definition) is 4. The van der Waals surface area contributed by atoms with Crippen molar-refractivity contribution in [1.82, 2.24) is 19.8 Å². The molecular formula is C14H26N4O. The SMILES string of the molecule is CCCNCc1cncn1C(C)CN1CCOCC1. The highest BCUT2D eigenvalue weighted by Gasteiger charge is 2.16. The zero-order valence-corrected chi connectivity index (χ0v) is 12.1. The lowest BCUT2D eigenvalue weighted by atomic mass is 10.2. The number of ether oxygens (including phenoxy) is 1. The second-order valence-electron chi connectivity index (χ2n) is 5.23. The Bertz CT molecular complexity index is 360. The molecule has 0 saturated carbocycles. The number of morpholine rings is 1. The van der Waals surface area contributed by atoms with Crippen molar-refractivity contribution in [3.8, 4) is 0 Å². The summed E-state index contributed by atoms with van der Waals surface area (Å²) in [5.74, 6) is 0. The maximum Gasteiger partial charge on any atom is 0.0951 e. The van der Waals surface area contributed by atoms with Crippen LogP contribution >= 0.6 is 0 Å². The van der Waals surface area contributed by atoms with Crippen LogP contribution in [0, 0.1) is 0 Å². The summed E-state index contributed by atoms with van der Waals surface area (Å²) >= 11 is 0. The number of rotatable bonds is 7. The van der Waals surface area contributed by atoms with E-state index in [1.54, 1.807) is 0 Å². The fourth-order valence-electron chi connectivity index (χ4n) is 2.50. The van der Waals surface area contributed by atoms with Crippen molar-refractivity contribution in [3.63, 3.8) is 0 Å². The molecule has 0 aliphatic carbocycles. The third kappa shape index (κ3) is 4.30. The van der Waals surface area contributed by atoms with Crippen LogP contribution in [0.1, 0.15) is 32.0 Å². The Morgan fingerprint density at radius 1 is 1.42 bits per heavy atom. The first-order valence-corrected chi connectivity index (χ1v) is 7.32. The molecule has 1 aliphatic heterocycles. The van der Waals surface area contributed by atoms with Gasteiger partial charge in [0.15, 0.2) is 0 Å². The minimum atomic E-state index is 0.457. The molecule has 2 rings (SSSR count). The Hall–Kier alpha value is -0.910. The second-order valence-corrected chi connectivity index (χ2v) is 5.23. The van der Waals surface area contributed by atoms with E-state index in [4.69, 9.17) is 4.74 Å². The molecule has 0 bridgehead atoms. The van der Waals surface area contributed by atoms with E-state index >= 15 is 0 Å². The molecule has 0 aromatic carbocycles. The molecule has 1 unspecified atom stereocenters. The van der Waals surface area contributed by atoms with Gasteiger partial charge in [-0.3, -0.25) is 4.90 Å². The maximum absolute atomic E-state index is 5.39. The molecule has 1 atom stereocenters. The summed E-state index contributed by atoms with van der Waals surface area (Å²) in [6, 6.07) is 0.457. The van der Waals surface area contributed by atoms with Gasteiger partial charge in [-0.25, -0.2) is 4.98 Å². The van der Waals surface area contributed by atoms with Crippen LogP contribution in [0.5, 0.6) is 0 Å². The van der Waals surface area contributed by atoms with Gasteiger partial charge in [0.1, 0.15) is 0 Å². The van der Waals surface area contributed by atoms with Gasteiger partial charge >= 0.3 is 0 Å². The van der Waals surface area contributed by atoms with E-state index < -0.39 is 0 Å². The molecule has 5 nitrogen and oxygen atoms in total. The molecule has 1 saturated heterocycles. The van der Waals surface area contributed by atoms with E-state index in [2.05, 4.69) is 33.6 Å². The van der Waals surface area contributed by atoms with E-state index in [0.717, 1.165) is 52.4 Å². The summed E-state index contributed by atoms with van der Waals surface area (Å²) in [7, 11) is 0. The number of imidazole rings is 1. The van der Waals surface area contributed by atoms with Gasteiger partial charge in [0, 0.05) is 38.4 Å². The normalized spacial score (nSPS) is 18.6. The first-order valence-electron chi connectivity index (χ1n) is 7.32.